The SMILES string of the molecule is O=C1CC(c2c(Cl)cccc2Cl)CC(O)=C1Sc1cc(O)ccc1Cl. The van der Waals surface area contributed by atoms with Crippen molar-refractivity contribution in [3.05, 3.63) is 67.7 Å². The number of halogens is 3. The fourth-order valence-corrected chi connectivity index (χ4v) is 4.68. The minimum atomic E-state index is -0.280. The van der Waals surface area contributed by atoms with Crippen LogP contribution >= 0.6 is 46.6 Å². The lowest BCUT2D eigenvalue weighted by molar-refractivity contribution is -0.115. The molecule has 1 atom stereocenters. The molecule has 0 aromatic heterocycles. The summed E-state index contributed by atoms with van der Waals surface area (Å²) in [5.74, 6) is -0.482. The van der Waals surface area contributed by atoms with Crippen molar-refractivity contribution in [2.24, 2.45) is 0 Å². The van der Waals surface area contributed by atoms with Gasteiger partial charge in [0.05, 0.1) is 9.93 Å². The van der Waals surface area contributed by atoms with Crippen molar-refractivity contribution in [2.45, 2.75) is 23.7 Å². The summed E-state index contributed by atoms with van der Waals surface area (Å²) in [7, 11) is 0. The van der Waals surface area contributed by atoms with Gasteiger partial charge in [0, 0.05) is 33.7 Å². The minimum absolute atomic E-state index is 0.0263. The second-order valence-electron chi connectivity index (χ2n) is 5.66. The number of aromatic hydroxyl groups is 1. The second kappa shape index (κ2) is 7.50. The van der Waals surface area contributed by atoms with Crippen molar-refractivity contribution in [1.82, 2.24) is 0 Å². The average Bonchev–Trinajstić information content (AvgIpc) is 2.54. The van der Waals surface area contributed by atoms with Crippen LogP contribution in [0.1, 0.15) is 24.3 Å². The molecule has 0 amide bonds. The highest BCUT2D eigenvalue weighted by atomic mass is 35.5. The van der Waals surface area contributed by atoms with Crippen LogP contribution in [0.2, 0.25) is 15.1 Å². The number of aliphatic hydroxyl groups is 1. The quantitative estimate of drug-likeness (QED) is 0.612. The number of hydrogen-bond acceptors (Lipinski definition) is 4. The zero-order chi connectivity index (χ0) is 18.1. The highest BCUT2D eigenvalue weighted by molar-refractivity contribution is 8.04. The number of phenolic OH excluding ortho intramolecular Hbond substituents is 1. The monoisotopic (exact) mass is 414 g/mol. The third kappa shape index (κ3) is 3.93. The van der Waals surface area contributed by atoms with Crippen LogP contribution in [-0.2, 0) is 4.79 Å². The number of thioether (sulfide) groups is 1. The van der Waals surface area contributed by atoms with Crippen LogP contribution in [-0.4, -0.2) is 16.0 Å². The van der Waals surface area contributed by atoms with Gasteiger partial charge in [-0.25, -0.2) is 0 Å². The van der Waals surface area contributed by atoms with Crippen molar-refractivity contribution in [3.8, 4) is 5.75 Å². The Morgan fingerprint density at radius 3 is 2.28 bits per heavy atom. The third-order valence-corrected chi connectivity index (χ3v) is 6.25. The molecule has 0 aliphatic heterocycles. The Morgan fingerprint density at radius 1 is 0.960 bits per heavy atom. The molecule has 0 saturated heterocycles. The van der Waals surface area contributed by atoms with Gasteiger partial charge in [-0.3, -0.25) is 4.79 Å². The topological polar surface area (TPSA) is 57.5 Å². The summed E-state index contributed by atoms with van der Waals surface area (Å²) >= 11 is 19.6. The van der Waals surface area contributed by atoms with Gasteiger partial charge in [0.2, 0.25) is 0 Å². The number of carbonyl (C=O) groups is 1. The first kappa shape index (κ1) is 18.5. The first-order valence-electron chi connectivity index (χ1n) is 7.42. The summed E-state index contributed by atoms with van der Waals surface area (Å²) in [6, 6.07) is 9.61. The Labute approximate surface area is 164 Å². The molecular formula is C18H13Cl3O3S. The standard InChI is InChI=1S/C18H13Cl3O3S/c19-11-5-4-10(22)8-16(11)25-18-14(23)6-9(7-15(18)24)17-12(20)2-1-3-13(17)21/h1-5,8-9,22-23H,6-7H2. The van der Waals surface area contributed by atoms with Gasteiger partial charge in [-0.05, 0) is 35.9 Å². The van der Waals surface area contributed by atoms with E-state index in [1.807, 2.05) is 0 Å². The van der Waals surface area contributed by atoms with Crippen LogP contribution in [0.5, 0.6) is 5.75 Å². The van der Waals surface area contributed by atoms with Crippen molar-refractivity contribution < 1.29 is 15.0 Å². The summed E-state index contributed by atoms with van der Waals surface area (Å²) in [6.07, 6.45) is 0.445. The Hall–Kier alpha value is -1.33. The molecule has 3 nitrogen and oxygen atoms in total. The number of benzene rings is 2. The van der Waals surface area contributed by atoms with E-state index in [1.54, 1.807) is 18.2 Å². The van der Waals surface area contributed by atoms with E-state index >= 15 is 0 Å². The van der Waals surface area contributed by atoms with Crippen molar-refractivity contribution >= 4 is 52.3 Å². The van der Waals surface area contributed by atoms with E-state index in [4.69, 9.17) is 34.8 Å². The number of ketones is 1. The van der Waals surface area contributed by atoms with Gasteiger partial charge in [-0.2, -0.15) is 0 Å². The van der Waals surface area contributed by atoms with Gasteiger partial charge in [0.25, 0.3) is 0 Å². The lowest BCUT2D eigenvalue weighted by atomic mass is 9.86. The van der Waals surface area contributed by atoms with E-state index in [-0.39, 0.29) is 41.0 Å². The molecule has 3 rings (SSSR count). The van der Waals surface area contributed by atoms with Gasteiger partial charge in [0.15, 0.2) is 5.78 Å². The predicted molar refractivity (Wildman–Crippen MR) is 102 cm³/mol. The van der Waals surface area contributed by atoms with E-state index in [0.717, 1.165) is 11.8 Å². The molecule has 0 fully saturated rings. The van der Waals surface area contributed by atoms with E-state index in [0.29, 0.717) is 25.5 Å². The third-order valence-electron chi connectivity index (χ3n) is 3.92. The molecule has 25 heavy (non-hydrogen) atoms. The molecule has 7 heteroatoms. The second-order valence-corrected chi connectivity index (χ2v) is 7.93. The summed E-state index contributed by atoms with van der Waals surface area (Å²) in [5.41, 5.74) is 0.671. The zero-order valence-electron chi connectivity index (χ0n) is 12.8. The van der Waals surface area contributed by atoms with Crippen LogP contribution in [0.4, 0.5) is 0 Å². The molecule has 2 aromatic rings. The number of aliphatic hydroxyl groups excluding tert-OH is 1. The lowest BCUT2D eigenvalue weighted by Gasteiger charge is -2.25. The van der Waals surface area contributed by atoms with Crippen LogP contribution < -0.4 is 0 Å². The highest BCUT2D eigenvalue weighted by Crippen LogP contribution is 2.45. The predicted octanol–water partition coefficient (Wildman–Crippen LogP) is 6.36. The molecule has 0 saturated carbocycles. The van der Waals surface area contributed by atoms with Crippen molar-refractivity contribution in [2.75, 3.05) is 0 Å². The fourth-order valence-electron chi connectivity index (χ4n) is 2.78. The van der Waals surface area contributed by atoms with Gasteiger partial charge in [-0.1, -0.05) is 52.6 Å². The maximum Gasteiger partial charge on any atom is 0.173 e. The Kier molecular flexibility index (Phi) is 5.54. The summed E-state index contributed by atoms with van der Waals surface area (Å²) in [4.78, 5) is 13.3. The van der Waals surface area contributed by atoms with Gasteiger partial charge in [-0.15, -0.1) is 0 Å². The number of rotatable bonds is 3. The molecule has 0 spiro atoms. The molecule has 0 heterocycles. The Morgan fingerprint density at radius 2 is 1.64 bits per heavy atom. The van der Waals surface area contributed by atoms with E-state index < -0.39 is 0 Å². The molecule has 1 unspecified atom stereocenters. The Balaban J connectivity index is 1.91. The van der Waals surface area contributed by atoms with Gasteiger partial charge in [0.1, 0.15) is 11.5 Å². The first-order chi connectivity index (χ1) is 11.9. The first-order valence-corrected chi connectivity index (χ1v) is 9.37. The largest absolute Gasteiger partial charge is 0.511 e. The van der Waals surface area contributed by atoms with E-state index in [9.17, 15) is 15.0 Å². The molecule has 1 aliphatic carbocycles. The maximum absolute atomic E-state index is 12.6. The smallest absolute Gasteiger partial charge is 0.173 e. The summed E-state index contributed by atoms with van der Waals surface area (Å²) in [6.45, 7) is 0. The maximum atomic E-state index is 12.6. The number of hydrogen-bond donors (Lipinski definition) is 2. The van der Waals surface area contributed by atoms with Crippen molar-refractivity contribution in [3.63, 3.8) is 0 Å². The average molecular weight is 416 g/mol. The molecule has 2 aromatic carbocycles. The van der Waals surface area contributed by atoms with Gasteiger partial charge < -0.3 is 10.2 Å². The molecule has 0 radical (unpaired) electrons. The van der Waals surface area contributed by atoms with Crippen molar-refractivity contribution in [1.29, 1.82) is 0 Å². The number of allylic oxidation sites excluding steroid dienone is 2. The number of Topliss-reactive ketones (excluding diaryl/α,β-unsaturated/α-hetero) is 1. The molecule has 1 aliphatic rings. The normalized spacial score (nSPS) is 17.9. The highest BCUT2D eigenvalue weighted by Gasteiger charge is 2.31. The number of phenols is 1. The van der Waals surface area contributed by atoms with E-state index in [2.05, 4.69) is 0 Å². The number of carbonyl (C=O) groups excluding carboxylic acids is 1. The lowest BCUT2D eigenvalue weighted by Crippen LogP contribution is -2.17. The molecule has 2 N–H and O–H groups in total. The summed E-state index contributed by atoms with van der Waals surface area (Å²) < 4.78 is 0. The molecule has 130 valence electrons. The van der Waals surface area contributed by atoms with Gasteiger partial charge >= 0.3 is 0 Å². The fraction of sp³-hybridized carbons (Fsp3) is 0.167. The van der Waals surface area contributed by atoms with E-state index in [1.165, 1.54) is 18.2 Å². The zero-order valence-corrected chi connectivity index (χ0v) is 15.9. The molecule has 0 bridgehead atoms. The minimum Gasteiger partial charge on any atom is -0.511 e. The Bertz CT molecular complexity index is 860. The van der Waals surface area contributed by atoms with Crippen LogP contribution in [0.3, 0.4) is 0 Å². The summed E-state index contributed by atoms with van der Waals surface area (Å²) in [5, 5.41) is 21.4. The van der Waals surface area contributed by atoms with Crippen LogP contribution in [0.15, 0.2) is 52.0 Å². The van der Waals surface area contributed by atoms with Crippen LogP contribution in [0.25, 0.3) is 0 Å². The van der Waals surface area contributed by atoms with Crippen LogP contribution in [0, 0.1) is 0 Å². The molecular weight excluding hydrogens is 403 g/mol.